The quantitative estimate of drug-likeness (QED) is 0.830. The Labute approximate surface area is 151 Å². The highest BCUT2D eigenvalue weighted by molar-refractivity contribution is 9.10. The van der Waals surface area contributed by atoms with Crippen molar-refractivity contribution < 1.29 is 4.79 Å². The Kier molecular flexibility index (Phi) is 5.89. The first-order chi connectivity index (χ1) is 10.6. The van der Waals surface area contributed by atoms with Crippen molar-refractivity contribution in [2.24, 2.45) is 5.92 Å². The van der Waals surface area contributed by atoms with Crippen LogP contribution in [-0.4, -0.2) is 30.1 Å². The van der Waals surface area contributed by atoms with Gasteiger partial charge in [0, 0.05) is 47.1 Å². The maximum atomic E-state index is 12.4. The molecular formula is C17H21BrClN3O. The molecule has 0 saturated carbocycles. The maximum absolute atomic E-state index is 12.4. The van der Waals surface area contributed by atoms with E-state index in [0.29, 0.717) is 5.92 Å². The summed E-state index contributed by atoms with van der Waals surface area (Å²) in [5.74, 6) is 0.585. The van der Waals surface area contributed by atoms with Gasteiger partial charge in [0.2, 0.25) is 0 Å². The third kappa shape index (κ3) is 3.79. The lowest BCUT2D eigenvalue weighted by Gasteiger charge is -2.27. The minimum Gasteiger partial charge on any atom is -0.352 e. The van der Waals surface area contributed by atoms with E-state index < -0.39 is 0 Å². The molecule has 1 aromatic carbocycles. The second kappa shape index (κ2) is 7.51. The SMILES string of the molecule is Cc1cc(C(=O)NCC2CNC2)c(C)n1-c1ccc(Br)cc1.Cl. The fraction of sp³-hybridized carbons (Fsp3) is 0.353. The minimum atomic E-state index is 0. The number of carbonyl (C=O) groups excluding carboxylic acids is 1. The zero-order chi connectivity index (χ0) is 15.7. The second-order valence-corrected chi connectivity index (χ2v) is 6.75. The van der Waals surface area contributed by atoms with Crippen LogP contribution >= 0.6 is 28.3 Å². The van der Waals surface area contributed by atoms with Crippen molar-refractivity contribution in [3.8, 4) is 5.69 Å². The Balaban J connectivity index is 0.00000192. The summed E-state index contributed by atoms with van der Waals surface area (Å²) in [4.78, 5) is 12.4. The normalized spacial score (nSPS) is 14.0. The van der Waals surface area contributed by atoms with Crippen molar-refractivity contribution in [2.75, 3.05) is 19.6 Å². The van der Waals surface area contributed by atoms with Gasteiger partial charge in [0.15, 0.2) is 0 Å². The van der Waals surface area contributed by atoms with Gasteiger partial charge in [-0.05, 0) is 44.2 Å². The minimum absolute atomic E-state index is 0. The summed E-state index contributed by atoms with van der Waals surface area (Å²) in [7, 11) is 0. The second-order valence-electron chi connectivity index (χ2n) is 5.83. The molecular weight excluding hydrogens is 378 g/mol. The van der Waals surface area contributed by atoms with Crippen LogP contribution in [0.2, 0.25) is 0 Å². The van der Waals surface area contributed by atoms with E-state index in [1.165, 1.54) is 0 Å². The summed E-state index contributed by atoms with van der Waals surface area (Å²) < 4.78 is 3.16. The van der Waals surface area contributed by atoms with Gasteiger partial charge in [-0.3, -0.25) is 4.79 Å². The fourth-order valence-corrected chi connectivity index (χ4v) is 3.07. The number of hydrogen-bond donors (Lipinski definition) is 2. The highest BCUT2D eigenvalue weighted by Crippen LogP contribution is 2.22. The van der Waals surface area contributed by atoms with Crippen LogP contribution in [0.15, 0.2) is 34.8 Å². The summed E-state index contributed by atoms with van der Waals surface area (Å²) in [6, 6.07) is 10.1. The van der Waals surface area contributed by atoms with Gasteiger partial charge in [0.25, 0.3) is 5.91 Å². The molecule has 0 radical (unpaired) electrons. The molecule has 1 aliphatic rings. The molecule has 1 amide bonds. The van der Waals surface area contributed by atoms with E-state index >= 15 is 0 Å². The molecule has 1 aromatic heterocycles. The molecule has 4 nitrogen and oxygen atoms in total. The average Bonchev–Trinajstić information content (AvgIpc) is 2.74. The van der Waals surface area contributed by atoms with Crippen molar-refractivity contribution >= 4 is 34.2 Å². The molecule has 0 unspecified atom stereocenters. The van der Waals surface area contributed by atoms with Crippen molar-refractivity contribution in [1.29, 1.82) is 0 Å². The molecule has 1 aliphatic heterocycles. The topological polar surface area (TPSA) is 46.1 Å². The fourth-order valence-electron chi connectivity index (χ4n) is 2.81. The molecule has 0 aliphatic carbocycles. The predicted octanol–water partition coefficient (Wildman–Crippen LogP) is 3.23. The number of aromatic nitrogens is 1. The van der Waals surface area contributed by atoms with Gasteiger partial charge in [-0.2, -0.15) is 0 Å². The van der Waals surface area contributed by atoms with Crippen LogP contribution in [0.5, 0.6) is 0 Å². The average molecular weight is 399 g/mol. The molecule has 6 heteroatoms. The van der Waals surface area contributed by atoms with Crippen molar-refractivity contribution in [1.82, 2.24) is 15.2 Å². The van der Waals surface area contributed by atoms with E-state index in [0.717, 1.165) is 46.7 Å². The van der Waals surface area contributed by atoms with E-state index in [1.54, 1.807) is 0 Å². The van der Waals surface area contributed by atoms with Crippen LogP contribution in [-0.2, 0) is 0 Å². The molecule has 0 atom stereocenters. The summed E-state index contributed by atoms with van der Waals surface area (Å²) in [6.07, 6.45) is 0. The van der Waals surface area contributed by atoms with Gasteiger partial charge in [-0.25, -0.2) is 0 Å². The highest BCUT2D eigenvalue weighted by Gasteiger charge is 2.20. The van der Waals surface area contributed by atoms with Crippen LogP contribution in [0, 0.1) is 19.8 Å². The Bertz CT molecular complexity index is 693. The zero-order valence-electron chi connectivity index (χ0n) is 13.2. The number of rotatable bonds is 4. The van der Waals surface area contributed by atoms with Crippen molar-refractivity contribution in [2.45, 2.75) is 13.8 Å². The number of aryl methyl sites for hydroxylation is 1. The van der Waals surface area contributed by atoms with Crippen molar-refractivity contribution in [3.63, 3.8) is 0 Å². The van der Waals surface area contributed by atoms with Gasteiger partial charge in [0.05, 0.1) is 5.56 Å². The lowest BCUT2D eigenvalue weighted by atomic mass is 10.0. The summed E-state index contributed by atoms with van der Waals surface area (Å²) in [6.45, 7) is 6.76. The largest absolute Gasteiger partial charge is 0.352 e. The third-order valence-electron chi connectivity index (χ3n) is 4.18. The monoisotopic (exact) mass is 397 g/mol. The number of halogens is 2. The number of nitrogens with one attached hydrogen (secondary N) is 2. The lowest BCUT2D eigenvalue weighted by molar-refractivity contribution is 0.0941. The van der Waals surface area contributed by atoms with Crippen LogP contribution in [0.4, 0.5) is 0 Å². The molecule has 2 N–H and O–H groups in total. The van der Waals surface area contributed by atoms with E-state index in [1.807, 2.05) is 44.2 Å². The van der Waals surface area contributed by atoms with Gasteiger partial charge >= 0.3 is 0 Å². The molecule has 0 bridgehead atoms. The maximum Gasteiger partial charge on any atom is 0.253 e. The lowest BCUT2D eigenvalue weighted by Crippen LogP contribution is -2.48. The summed E-state index contributed by atoms with van der Waals surface area (Å²) in [5, 5.41) is 6.26. The molecule has 0 spiro atoms. The van der Waals surface area contributed by atoms with Gasteiger partial charge in [-0.1, -0.05) is 15.9 Å². The van der Waals surface area contributed by atoms with E-state index in [9.17, 15) is 4.79 Å². The predicted molar refractivity (Wildman–Crippen MR) is 98.9 cm³/mol. The molecule has 1 saturated heterocycles. The first kappa shape index (κ1) is 18.0. The molecule has 1 fully saturated rings. The van der Waals surface area contributed by atoms with Gasteiger partial charge in [0.1, 0.15) is 0 Å². The van der Waals surface area contributed by atoms with E-state index in [4.69, 9.17) is 0 Å². The molecule has 2 heterocycles. The highest BCUT2D eigenvalue weighted by atomic mass is 79.9. The van der Waals surface area contributed by atoms with E-state index in [-0.39, 0.29) is 18.3 Å². The number of hydrogen-bond acceptors (Lipinski definition) is 2. The third-order valence-corrected chi connectivity index (χ3v) is 4.71. The molecule has 23 heavy (non-hydrogen) atoms. The van der Waals surface area contributed by atoms with Gasteiger partial charge in [-0.15, -0.1) is 12.4 Å². The Morgan fingerprint density at radius 2 is 1.96 bits per heavy atom. The molecule has 2 aromatic rings. The number of nitrogens with zero attached hydrogens (tertiary/aromatic N) is 1. The van der Waals surface area contributed by atoms with E-state index in [2.05, 4.69) is 31.1 Å². The Morgan fingerprint density at radius 3 is 2.52 bits per heavy atom. The van der Waals surface area contributed by atoms with Crippen LogP contribution in [0.1, 0.15) is 21.7 Å². The van der Waals surface area contributed by atoms with Crippen LogP contribution in [0.3, 0.4) is 0 Å². The molecule has 124 valence electrons. The summed E-state index contributed by atoms with van der Waals surface area (Å²) >= 11 is 3.45. The molecule has 3 rings (SSSR count). The summed E-state index contributed by atoms with van der Waals surface area (Å²) in [5.41, 5.74) is 3.87. The van der Waals surface area contributed by atoms with Crippen molar-refractivity contribution in [3.05, 3.63) is 51.8 Å². The van der Waals surface area contributed by atoms with Crippen LogP contribution < -0.4 is 10.6 Å². The van der Waals surface area contributed by atoms with Gasteiger partial charge < -0.3 is 15.2 Å². The van der Waals surface area contributed by atoms with Crippen LogP contribution in [0.25, 0.3) is 5.69 Å². The zero-order valence-corrected chi connectivity index (χ0v) is 15.6. The standard InChI is InChI=1S/C17H20BrN3O.ClH/c1-11-7-16(17(22)20-10-13-8-19-9-13)12(2)21(11)15-5-3-14(18)4-6-15;/h3-7,13,19H,8-10H2,1-2H3,(H,20,22);1H. The number of benzene rings is 1. The smallest absolute Gasteiger partial charge is 0.253 e. The number of amides is 1. The Hall–Kier alpha value is -1.30. The number of carbonyl (C=O) groups is 1. The first-order valence-corrected chi connectivity index (χ1v) is 8.29. The first-order valence-electron chi connectivity index (χ1n) is 7.50. The Morgan fingerprint density at radius 1 is 1.30 bits per heavy atom.